The Hall–Kier alpha value is -0.940. The second-order valence-corrected chi connectivity index (χ2v) is 3.52. The fourth-order valence-corrected chi connectivity index (χ4v) is 1.25. The van der Waals surface area contributed by atoms with Gasteiger partial charge in [0.15, 0.2) is 5.82 Å². The van der Waals surface area contributed by atoms with Gasteiger partial charge in [-0.25, -0.2) is 0 Å². The van der Waals surface area contributed by atoms with Crippen molar-refractivity contribution >= 4 is 0 Å². The minimum Gasteiger partial charge on any atom is -0.377 e. The van der Waals surface area contributed by atoms with Gasteiger partial charge in [0.1, 0.15) is 6.61 Å². The summed E-state index contributed by atoms with van der Waals surface area (Å²) in [7, 11) is 1.62. The van der Waals surface area contributed by atoms with Crippen LogP contribution in [0.3, 0.4) is 0 Å². The molecule has 14 heavy (non-hydrogen) atoms. The maximum Gasteiger partial charge on any atom is 0.228 e. The number of nitrogens with zero attached hydrogens (tertiary/aromatic N) is 2. The molecule has 0 radical (unpaired) electrons. The molecule has 0 spiro atoms. The molecule has 0 amide bonds. The van der Waals surface area contributed by atoms with Gasteiger partial charge in [-0.2, -0.15) is 4.98 Å². The van der Waals surface area contributed by atoms with Gasteiger partial charge in [0.2, 0.25) is 5.89 Å². The van der Waals surface area contributed by atoms with Crippen molar-refractivity contribution in [3.8, 4) is 0 Å². The Morgan fingerprint density at radius 3 is 3.14 bits per heavy atom. The monoisotopic (exact) mass is 197 g/mol. The van der Waals surface area contributed by atoms with E-state index in [2.05, 4.69) is 15.5 Å². The van der Waals surface area contributed by atoms with Gasteiger partial charge < -0.3 is 14.6 Å². The third-order valence-electron chi connectivity index (χ3n) is 2.13. The van der Waals surface area contributed by atoms with Gasteiger partial charge in [-0.15, -0.1) is 0 Å². The van der Waals surface area contributed by atoms with Crippen molar-refractivity contribution in [1.82, 2.24) is 15.5 Å². The molecule has 1 fully saturated rings. The zero-order valence-electron chi connectivity index (χ0n) is 8.32. The van der Waals surface area contributed by atoms with Gasteiger partial charge in [0.25, 0.3) is 0 Å². The van der Waals surface area contributed by atoms with Crippen LogP contribution < -0.4 is 5.32 Å². The van der Waals surface area contributed by atoms with E-state index in [-0.39, 0.29) is 0 Å². The molecule has 0 unspecified atom stereocenters. The lowest BCUT2D eigenvalue weighted by Crippen LogP contribution is -2.19. The fraction of sp³-hybridized carbons (Fsp3) is 0.778. The third kappa shape index (κ3) is 2.78. The van der Waals surface area contributed by atoms with Crippen LogP contribution in [-0.2, 0) is 17.8 Å². The zero-order valence-corrected chi connectivity index (χ0v) is 8.32. The molecule has 1 saturated carbocycles. The number of methoxy groups -OCH3 is 1. The topological polar surface area (TPSA) is 60.2 Å². The van der Waals surface area contributed by atoms with Crippen molar-refractivity contribution in [3.05, 3.63) is 11.7 Å². The number of rotatable bonds is 6. The van der Waals surface area contributed by atoms with Crippen LogP contribution in [0, 0.1) is 0 Å². The molecule has 0 saturated heterocycles. The van der Waals surface area contributed by atoms with Crippen molar-refractivity contribution in [2.45, 2.75) is 31.9 Å². The summed E-state index contributed by atoms with van der Waals surface area (Å²) in [5.74, 6) is 1.30. The third-order valence-corrected chi connectivity index (χ3v) is 2.13. The van der Waals surface area contributed by atoms with E-state index in [1.165, 1.54) is 12.8 Å². The first-order chi connectivity index (χ1) is 6.88. The summed E-state index contributed by atoms with van der Waals surface area (Å²) >= 11 is 0. The number of hydrogen-bond acceptors (Lipinski definition) is 5. The van der Waals surface area contributed by atoms with Crippen LogP contribution in [-0.4, -0.2) is 29.8 Å². The summed E-state index contributed by atoms with van der Waals surface area (Å²) in [6, 6.07) is 0.733. The van der Waals surface area contributed by atoms with Crippen LogP contribution in [0.1, 0.15) is 24.6 Å². The van der Waals surface area contributed by atoms with Crippen molar-refractivity contribution < 1.29 is 9.26 Å². The zero-order chi connectivity index (χ0) is 9.80. The normalized spacial score (nSPS) is 16.1. The molecule has 1 aliphatic rings. The molecule has 0 atom stereocenters. The van der Waals surface area contributed by atoms with Gasteiger partial charge in [-0.05, 0) is 12.8 Å². The SMILES string of the molecule is COCc1noc(CCNC2CC2)n1. The summed E-state index contributed by atoms with van der Waals surface area (Å²) < 4.78 is 9.93. The summed E-state index contributed by atoms with van der Waals surface area (Å²) in [6.07, 6.45) is 3.41. The highest BCUT2D eigenvalue weighted by atomic mass is 16.5. The van der Waals surface area contributed by atoms with Crippen LogP contribution in [0.2, 0.25) is 0 Å². The Morgan fingerprint density at radius 1 is 1.57 bits per heavy atom. The van der Waals surface area contributed by atoms with Crippen molar-refractivity contribution in [2.24, 2.45) is 0 Å². The van der Waals surface area contributed by atoms with Crippen LogP contribution >= 0.6 is 0 Å². The molecular formula is C9H15N3O2. The molecule has 1 heterocycles. The van der Waals surface area contributed by atoms with E-state index >= 15 is 0 Å². The van der Waals surface area contributed by atoms with Gasteiger partial charge in [-0.3, -0.25) is 0 Å². The number of ether oxygens (including phenoxy) is 1. The van der Waals surface area contributed by atoms with Crippen molar-refractivity contribution in [2.75, 3.05) is 13.7 Å². The quantitative estimate of drug-likeness (QED) is 0.720. The Balaban J connectivity index is 1.71. The molecule has 1 N–H and O–H groups in total. The average molecular weight is 197 g/mol. The molecule has 0 aliphatic heterocycles. The maximum atomic E-state index is 5.04. The van der Waals surface area contributed by atoms with Crippen LogP contribution in [0.25, 0.3) is 0 Å². The van der Waals surface area contributed by atoms with Crippen LogP contribution in [0.15, 0.2) is 4.52 Å². The minimum atomic E-state index is 0.416. The highest BCUT2D eigenvalue weighted by Gasteiger charge is 2.20. The number of nitrogens with one attached hydrogen (secondary N) is 1. The lowest BCUT2D eigenvalue weighted by atomic mass is 10.4. The first-order valence-electron chi connectivity index (χ1n) is 4.92. The Kier molecular flexibility index (Phi) is 3.10. The second kappa shape index (κ2) is 4.52. The second-order valence-electron chi connectivity index (χ2n) is 3.52. The first kappa shape index (κ1) is 9.61. The molecule has 1 aromatic rings. The van der Waals surface area contributed by atoms with Gasteiger partial charge in [-0.1, -0.05) is 5.16 Å². The minimum absolute atomic E-state index is 0.416. The molecule has 0 aromatic carbocycles. The Labute approximate surface area is 82.8 Å². The molecule has 78 valence electrons. The smallest absolute Gasteiger partial charge is 0.228 e. The summed E-state index contributed by atoms with van der Waals surface area (Å²) in [5.41, 5.74) is 0. The van der Waals surface area contributed by atoms with E-state index < -0.39 is 0 Å². The highest BCUT2D eigenvalue weighted by molar-refractivity contribution is 4.87. The van der Waals surface area contributed by atoms with E-state index in [9.17, 15) is 0 Å². The van der Waals surface area contributed by atoms with Crippen LogP contribution in [0.4, 0.5) is 0 Å². The summed E-state index contributed by atoms with van der Waals surface area (Å²) in [5, 5.41) is 7.17. The maximum absolute atomic E-state index is 5.04. The van der Waals surface area contributed by atoms with Crippen molar-refractivity contribution in [3.63, 3.8) is 0 Å². The predicted molar refractivity (Wildman–Crippen MR) is 49.7 cm³/mol. The van der Waals surface area contributed by atoms with Gasteiger partial charge in [0.05, 0.1) is 0 Å². The predicted octanol–water partition coefficient (Wildman–Crippen LogP) is 0.510. The molecule has 5 heteroatoms. The van der Waals surface area contributed by atoms with E-state index in [1.54, 1.807) is 7.11 Å². The van der Waals surface area contributed by atoms with Gasteiger partial charge in [0, 0.05) is 26.1 Å². The summed E-state index contributed by atoms with van der Waals surface area (Å²) in [6.45, 7) is 1.33. The Bertz CT molecular complexity index is 283. The highest BCUT2D eigenvalue weighted by Crippen LogP contribution is 2.18. The molecule has 2 rings (SSSR count). The number of hydrogen-bond donors (Lipinski definition) is 1. The molecular weight excluding hydrogens is 182 g/mol. The van der Waals surface area contributed by atoms with E-state index in [0.29, 0.717) is 18.3 Å². The van der Waals surface area contributed by atoms with Crippen LogP contribution in [0.5, 0.6) is 0 Å². The van der Waals surface area contributed by atoms with E-state index in [4.69, 9.17) is 9.26 Å². The molecule has 0 bridgehead atoms. The standard InChI is InChI=1S/C9H15N3O2/c1-13-6-8-11-9(14-12-8)4-5-10-7-2-3-7/h7,10H,2-6H2,1H3. The lowest BCUT2D eigenvalue weighted by Gasteiger charge is -1.97. The molecule has 5 nitrogen and oxygen atoms in total. The largest absolute Gasteiger partial charge is 0.377 e. The summed E-state index contributed by atoms with van der Waals surface area (Å²) in [4.78, 5) is 4.17. The van der Waals surface area contributed by atoms with Gasteiger partial charge >= 0.3 is 0 Å². The van der Waals surface area contributed by atoms with E-state index in [1.807, 2.05) is 0 Å². The van der Waals surface area contributed by atoms with E-state index in [0.717, 1.165) is 19.0 Å². The fourth-order valence-electron chi connectivity index (χ4n) is 1.25. The number of aromatic nitrogens is 2. The Morgan fingerprint density at radius 2 is 2.43 bits per heavy atom. The molecule has 1 aromatic heterocycles. The first-order valence-corrected chi connectivity index (χ1v) is 4.92. The molecule has 1 aliphatic carbocycles. The lowest BCUT2D eigenvalue weighted by molar-refractivity contribution is 0.174. The van der Waals surface area contributed by atoms with Crippen molar-refractivity contribution in [1.29, 1.82) is 0 Å². The average Bonchev–Trinajstić information content (AvgIpc) is 2.88.